The molecule has 0 saturated carbocycles. The minimum atomic E-state index is -0.364. The molecule has 2 N–H and O–H groups in total. The summed E-state index contributed by atoms with van der Waals surface area (Å²) in [4.78, 5) is 21.0. The number of halogens is 2. The SMILES string of the molecule is Cc1cc(C(=O)Nc2ccc(Cl)cc2Cl)nc(NC(C)(C)C)n1. The minimum Gasteiger partial charge on any atom is -0.350 e. The Morgan fingerprint density at radius 3 is 2.43 bits per heavy atom. The average molecular weight is 353 g/mol. The zero-order valence-corrected chi connectivity index (χ0v) is 14.9. The van der Waals surface area contributed by atoms with Crippen LogP contribution in [0.25, 0.3) is 0 Å². The van der Waals surface area contributed by atoms with Gasteiger partial charge in [0.1, 0.15) is 5.69 Å². The van der Waals surface area contributed by atoms with Gasteiger partial charge in [-0.25, -0.2) is 9.97 Å². The summed E-state index contributed by atoms with van der Waals surface area (Å²) in [6, 6.07) is 6.48. The van der Waals surface area contributed by atoms with Gasteiger partial charge in [0.2, 0.25) is 5.95 Å². The van der Waals surface area contributed by atoms with Crippen LogP contribution in [0, 0.1) is 6.92 Å². The van der Waals surface area contributed by atoms with E-state index in [9.17, 15) is 4.79 Å². The van der Waals surface area contributed by atoms with Crippen molar-refractivity contribution in [1.29, 1.82) is 0 Å². The summed E-state index contributed by atoms with van der Waals surface area (Å²) >= 11 is 11.9. The Labute approximate surface area is 145 Å². The number of rotatable bonds is 3. The third-order valence-corrected chi connectivity index (χ3v) is 3.30. The van der Waals surface area contributed by atoms with E-state index in [1.807, 2.05) is 27.7 Å². The lowest BCUT2D eigenvalue weighted by Gasteiger charge is -2.20. The fourth-order valence-corrected chi connectivity index (χ4v) is 2.31. The van der Waals surface area contributed by atoms with Crippen LogP contribution in [-0.4, -0.2) is 21.4 Å². The van der Waals surface area contributed by atoms with Gasteiger partial charge in [0.25, 0.3) is 5.91 Å². The highest BCUT2D eigenvalue weighted by atomic mass is 35.5. The van der Waals surface area contributed by atoms with Crippen LogP contribution < -0.4 is 10.6 Å². The summed E-state index contributed by atoms with van der Waals surface area (Å²) in [6.07, 6.45) is 0. The van der Waals surface area contributed by atoms with E-state index in [0.29, 0.717) is 27.4 Å². The van der Waals surface area contributed by atoms with E-state index in [-0.39, 0.29) is 17.1 Å². The molecule has 1 heterocycles. The molecule has 2 rings (SSSR count). The van der Waals surface area contributed by atoms with Crippen molar-refractivity contribution in [1.82, 2.24) is 9.97 Å². The molecule has 7 heteroatoms. The number of carbonyl (C=O) groups excluding carboxylic acids is 1. The van der Waals surface area contributed by atoms with Gasteiger partial charge in [0, 0.05) is 16.3 Å². The molecule has 0 atom stereocenters. The van der Waals surface area contributed by atoms with Gasteiger partial charge in [-0.1, -0.05) is 23.2 Å². The number of nitrogens with one attached hydrogen (secondary N) is 2. The Morgan fingerprint density at radius 2 is 1.83 bits per heavy atom. The van der Waals surface area contributed by atoms with Crippen molar-refractivity contribution < 1.29 is 4.79 Å². The molecule has 1 amide bonds. The van der Waals surface area contributed by atoms with Crippen molar-refractivity contribution in [2.24, 2.45) is 0 Å². The van der Waals surface area contributed by atoms with Gasteiger partial charge in [0.05, 0.1) is 10.7 Å². The smallest absolute Gasteiger partial charge is 0.274 e. The first-order valence-electron chi connectivity index (χ1n) is 7.04. The molecule has 0 spiro atoms. The van der Waals surface area contributed by atoms with Gasteiger partial charge < -0.3 is 10.6 Å². The molecule has 0 aliphatic rings. The normalized spacial score (nSPS) is 11.2. The highest BCUT2D eigenvalue weighted by Crippen LogP contribution is 2.25. The van der Waals surface area contributed by atoms with Crippen LogP contribution in [0.1, 0.15) is 37.0 Å². The largest absolute Gasteiger partial charge is 0.350 e. The molecule has 0 aliphatic heterocycles. The number of hydrogen-bond acceptors (Lipinski definition) is 4. The Hall–Kier alpha value is -1.85. The van der Waals surface area contributed by atoms with Crippen LogP contribution in [0.5, 0.6) is 0 Å². The molecule has 2 aromatic rings. The number of anilines is 2. The van der Waals surface area contributed by atoms with Gasteiger partial charge in [-0.3, -0.25) is 4.79 Å². The number of hydrogen-bond donors (Lipinski definition) is 2. The summed E-state index contributed by atoms with van der Waals surface area (Å²) in [7, 11) is 0. The molecule has 0 fully saturated rings. The highest BCUT2D eigenvalue weighted by Gasteiger charge is 2.16. The van der Waals surface area contributed by atoms with E-state index < -0.39 is 0 Å². The second-order valence-corrected chi connectivity index (χ2v) is 7.02. The van der Waals surface area contributed by atoms with Crippen molar-refractivity contribution >= 4 is 40.7 Å². The molecule has 0 unspecified atom stereocenters. The van der Waals surface area contributed by atoms with Crippen LogP contribution in [0.3, 0.4) is 0 Å². The summed E-state index contributed by atoms with van der Waals surface area (Å²) in [5, 5.41) is 6.75. The lowest BCUT2D eigenvalue weighted by Crippen LogP contribution is -2.28. The summed E-state index contributed by atoms with van der Waals surface area (Å²) in [6.45, 7) is 7.78. The maximum atomic E-state index is 12.4. The van der Waals surface area contributed by atoms with Gasteiger partial charge in [-0.05, 0) is 52.0 Å². The number of aryl methyl sites for hydroxylation is 1. The third-order valence-electron chi connectivity index (χ3n) is 2.75. The van der Waals surface area contributed by atoms with E-state index in [0.717, 1.165) is 0 Å². The van der Waals surface area contributed by atoms with Crippen molar-refractivity contribution in [3.05, 3.63) is 45.7 Å². The lowest BCUT2D eigenvalue weighted by molar-refractivity contribution is 0.102. The molecule has 0 bridgehead atoms. The van der Waals surface area contributed by atoms with E-state index in [2.05, 4.69) is 20.6 Å². The maximum absolute atomic E-state index is 12.4. The van der Waals surface area contributed by atoms with Gasteiger partial charge in [0.15, 0.2) is 0 Å². The van der Waals surface area contributed by atoms with E-state index >= 15 is 0 Å². The first kappa shape index (κ1) is 17.5. The van der Waals surface area contributed by atoms with Gasteiger partial charge in [-0.2, -0.15) is 0 Å². The Balaban J connectivity index is 2.25. The van der Waals surface area contributed by atoms with Crippen LogP contribution in [0.15, 0.2) is 24.3 Å². The molecule has 0 radical (unpaired) electrons. The average Bonchev–Trinajstić information content (AvgIpc) is 2.39. The lowest BCUT2D eigenvalue weighted by atomic mass is 10.1. The summed E-state index contributed by atoms with van der Waals surface area (Å²) in [5.41, 5.74) is 1.22. The first-order chi connectivity index (χ1) is 10.6. The molecule has 122 valence electrons. The van der Waals surface area contributed by atoms with E-state index in [4.69, 9.17) is 23.2 Å². The molecular formula is C16H18Cl2N4O. The fraction of sp³-hybridized carbons (Fsp3) is 0.312. The maximum Gasteiger partial charge on any atom is 0.274 e. The van der Waals surface area contributed by atoms with E-state index in [1.54, 1.807) is 24.3 Å². The Kier molecular flexibility index (Phi) is 5.12. The standard InChI is InChI=1S/C16H18Cl2N4O/c1-9-7-13(21-15(19-9)22-16(2,3)4)14(23)20-12-6-5-10(17)8-11(12)18/h5-8H,1-4H3,(H,20,23)(H,19,21,22). The van der Waals surface area contributed by atoms with Crippen molar-refractivity contribution in [2.75, 3.05) is 10.6 Å². The van der Waals surface area contributed by atoms with Crippen molar-refractivity contribution in [3.8, 4) is 0 Å². The zero-order chi connectivity index (χ0) is 17.2. The number of aromatic nitrogens is 2. The number of amides is 1. The van der Waals surface area contributed by atoms with Crippen LogP contribution in [0.4, 0.5) is 11.6 Å². The van der Waals surface area contributed by atoms with Crippen molar-refractivity contribution in [2.45, 2.75) is 33.2 Å². The van der Waals surface area contributed by atoms with Crippen LogP contribution >= 0.6 is 23.2 Å². The van der Waals surface area contributed by atoms with Gasteiger partial charge in [-0.15, -0.1) is 0 Å². The van der Waals surface area contributed by atoms with Crippen LogP contribution in [-0.2, 0) is 0 Å². The molecule has 1 aromatic carbocycles. The van der Waals surface area contributed by atoms with Crippen molar-refractivity contribution in [3.63, 3.8) is 0 Å². The second-order valence-electron chi connectivity index (χ2n) is 6.17. The third kappa shape index (κ3) is 5.08. The summed E-state index contributed by atoms with van der Waals surface area (Å²) < 4.78 is 0. The molecule has 0 saturated heterocycles. The predicted molar refractivity (Wildman–Crippen MR) is 94.6 cm³/mol. The molecule has 0 aliphatic carbocycles. The van der Waals surface area contributed by atoms with Crippen LogP contribution in [0.2, 0.25) is 10.0 Å². The minimum absolute atomic E-state index is 0.207. The predicted octanol–water partition coefficient (Wildman–Crippen LogP) is 4.55. The topological polar surface area (TPSA) is 66.9 Å². The van der Waals surface area contributed by atoms with E-state index in [1.165, 1.54) is 0 Å². The number of carbonyl (C=O) groups is 1. The van der Waals surface area contributed by atoms with Gasteiger partial charge >= 0.3 is 0 Å². The Bertz CT molecular complexity index is 741. The number of benzene rings is 1. The first-order valence-corrected chi connectivity index (χ1v) is 7.80. The second kappa shape index (κ2) is 6.72. The molecule has 23 heavy (non-hydrogen) atoms. The highest BCUT2D eigenvalue weighted by molar-refractivity contribution is 6.36. The number of nitrogens with zero attached hydrogens (tertiary/aromatic N) is 2. The molecule has 5 nitrogen and oxygen atoms in total. The zero-order valence-electron chi connectivity index (χ0n) is 13.4. The summed E-state index contributed by atoms with van der Waals surface area (Å²) in [5.74, 6) is 0.0431. The Morgan fingerprint density at radius 1 is 1.13 bits per heavy atom. The molecular weight excluding hydrogens is 335 g/mol. The monoisotopic (exact) mass is 352 g/mol. The fourth-order valence-electron chi connectivity index (χ4n) is 1.85. The quantitative estimate of drug-likeness (QED) is 0.849. The molecule has 1 aromatic heterocycles.